The molecule has 0 spiro atoms. The zero-order chi connectivity index (χ0) is 29.8. The molecule has 2 N–H and O–H groups in total. The molecule has 3 aromatic carbocycles. The van der Waals surface area contributed by atoms with Crippen molar-refractivity contribution in [3.8, 4) is 22.3 Å². The van der Waals surface area contributed by atoms with Crippen molar-refractivity contribution < 1.29 is 13.5 Å². The van der Waals surface area contributed by atoms with E-state index in [2.05, 4.69) is 40.2 Å². The summed E-state index contributed by atoms with van der Waals surface area (Å²) in [5.41, 5.74) is 6.73. The van der Waals surface area contributed by atoms with E-state index in [0.717, 1.165) is 76.6 Å². The lowest BCUT2D eigenvalue weighted by Crippen LogP contribution is -2.41. The molecule has 0 bridgehead atoms. The number of aromatic amines is 1. The molecule has 0 atom stereocenters. The van der Waals surface area contributed by atoms with Gasteiger partial charge in [-0.2, -0.15) is 0 Å². The Morgan fingerprint density at radius 2 is 1.63 bits per heavy atom. The van der Waals surface area contributed by atoms with Crippen molar-refractivity contribution in [3.63, 3.8) is 0 Å². The molecule has 0 radical (unpaired) electrons. The molecule has 6 aromatic rings. The normalized spacial score (nSPS) is 15.8. The monoisotopic (exact) mass is 590 g/mol. The average Bonchev–Trinajstić information content (AvgIpc) is 3.63. The number of rotatable bonds is 6. The highest BCUT2D eigenvalue weighted by atomic mass is 32.2. The van der Waals surface area contributed by atoms with Crippen molar-refractivity contribution in [2.24, 2.45) is 0 Å². The number of aliphatic hydroxyl groups is 1. The third kappa shape index (κ3) is 5.27. The second-order valence-electron chi connectivity index (χ2n) is 12.0. The summed E-state index contributed by atoms with van der Waals surface area (Å²) in [4.78, 5) is 10.6. The molecular weight excluding hydrogens is 556 g/mol. The summed E-state index contributed by atoms with van der Waals surface area (Å²) in [6, 6.07) is 25.5. The second-order valence-corrected chi connectivity index (χ2v) is 13.8. The number of fused-ring (bicyclic) bond motifs is 2. The van der Waals surface area contributed by atoms with Gasteiger partial charge in [0.2, 0.25) is 0 Å². The lowest BCUT2D eigenvalue weighted by atomic mass is 9.93. The maximum absolute atomic E-state index is 13.9. The van der Waals surface area contributed by atoms with Crippen molar-refractivity contribution in [2.75, 3.05) is 13.1 Å². The quantitative estimate of drug-likeness (QED) is 0.224. The van der Waals surface area contributed by atoms with Crippen molar-refractivity contribution in [2.45, 2.75) is 43.7 Å². The molecule has 8 heteroatoms. The van der Waals surface area contributed by atoms with E-state index >= 15 is 0 Å². The van der Waals surface area contributed by atoms with Crippen molar-refractivity contribution in [1.82, 2.24) is 18.8 Å². The third-order valence-corrected chi connectivity index (χ3v) is 10.3. The zero-order valence-corrected chi connectivity index (χ0v) is 25.1. The lowest BCUT2D eigenvalue weighted by molar-refractivity contribution is -0.00730. The maximum Gasteiger partial charge on any atom is 0.269 e. The molecule has 1 fully saturated rings. The average molecular weight is 591 g/mol. The molecule has 0 amide bonds. The van der Waals surface area contributed by atoms with E-state index in [1.165, 1.54) is 9.54 Å². The smallest absolute Gasteiger partial charge is 0.269 e. The summed E-state index contributed by atoms with van der Waals surface area (Å²) < 4.78 is 29.0. The van der Waals surface area contributed by atoms with Crippen molar-refractivity contribution in [3.05, 3.63) is 109 Å². The van der Waals surface area contributed by atoms with Gasteiger partial charge in [0.1, 0.15) is 0 Å². The lowest BCUT2D eigenvalue weighted by Gasteiger charge is -2.35. The van der Waals surface area contributed by atoms with Gasteiger partial charge in [-0.25, -0.2) is 17.4 Å². The Kier molecular flexibility index (Phi) is 6.73. The molecule has 0 saturated carbocycles. The molecular formula is C35H34N4O3S. The number of hydrogen-bond acceptors (Lipinski definition) is 5. The van der Waals surface area contributed by atoms with Gasteiger partial charge in [-0.3, -0.25) is 4.90 Å². The highest BCUT2D eigenvalue weighted by molar-refractivity contribution is 7.90. The summed E-state index contributed by atoms with van der Waals surface area (Å²) >= 11 is 0. The van der Waals surface area contributed by atoms with Crippen molar-refractivity contribution >= 4 is 32.0 Å². The first-order valence-corrected chi connectivity index (χ1v) is 16.1. The minimum Gasteiger partial charge on any atom is -0.390 e. The van der Waals surface area contributed by atoms with Crippen LogP contribution in [0.1, 0.15) is 30.9 Å². The predicted octanol–water partition coefficient (Wildman–Crippen LogP) is 6.74. The predicted molar refractivity (Wildman–Crippen MR) is 171 cm³/mol. The van der Waals surface area contributed by atoms with Gasteiger partial charge < -0.3 is 10.1 Å². The molecule has 0 unspecified atom stereocenters. The summed E-state index contributed by atoms with van der Waals surface area (Å²) in [6.07, 6.45) is 6.93. The van der Waals surface area contributed by atoms with Crippen LogP contribution in [-0.2, 0) is 16.6 Å². The third-order valence-electron chi connectivity index (χ3n) is 8.68. The van der Waals surface area contributed by atoms with Crippen LogP contribution in [0, 0.1) is 6.92 Å². The molecule has 1 aliphatic rings. The van der Waals surface area contributed by atoms with Gasteiger partial charge in [0.25, 0.3) is 10.0 Å². The van der Waals surface area contributed by atoms with Crippen LogP contribution in [0.15, 0.2) is 102 Å². The molecule has 7 nitrogen and oxygen atoms in total. The molecule has 4 heterocycles. The minimum atomic E-state index is -3.88. The van der Waals surface area contributed by atoms with Crippen LogP contribution in [0.5, 0.6) is 0 Å². The maximum atomic E-state index is 13.9. The van der Waals surface area contributed by atoms with E-state index in [1.807, 2.05) is 56.4 Å². The Bertz CT molecular complexity index is 2050. The van der Waals surface area contributed by atoms with Gasteiger partial charge in [-0.1, -0.05) is 48.0 Å². The number of likely N-dealkylation sites (tertiary alicyclic amines) is 1. The molecule has 43 heavy (non-hydrogen) atoms. The van der Waals surface area contributed by atoms with E-state index in [4.69, 9.17) is 4.98 Å². The largest absolute Gasteiger partial charge is 0.390 e. The van der Waals surface area contributed by atoms with Gasteiger partial charge in [-0.15, -0.1) is 0 Å². The number of hydrogen-bond donors (Lipinski definition) is 2. The fraction of sp³-hybridized carbons (Fsp3) is 0.229. The van der Waals surface area contributed by atoms with Crippen LogP contribution < -0.4 is 0 Å². The number of pyridine rings is 1. The van der Waals surface area contributed by atoms with Crippen LogP contribution in [0.4, 0.5) is 0 Å². The molecule has 1 aliphatic heterocycles. The van der Waals surface area contributed by atoms with Crippen LogP contribution in [0.3, 0.4) is 0 Å². The Labute approximate surface area is 251 Å². The number of benzene rings is 3. The van der Waals surface area contributed by atoms with Gasteiger partial charge in [0, 0.05) is 60.3 Å². The van der Waals surface area contributed by atoms with Crippen LogP contribution in [0.25, 0.3) is 44.2 Å². The van der Waals surface area contributed by atoms with E-state index < -0.39 is 15.6 Å². The van der Waals surface area contributed by atoms with E-state index in [0.29, 0.717) is 5.65 Å². The number of aromatic nitrogens is 3. The second kappa shape index (κ2) is 10.5. The molecule has 1 saturated heterocycles. The van der Waals surface area contributed by atoms with Crippen molar-refractivity contribution in [1.29, 1.82) is 0 Å². The Hall–Kier alpha value is -4.24. The topological polar surface area (TPSA) is 91.2 Å². The number of aryl methyl sites for hydroxylation is 1. The number of nitrogens with zero attached hydrogens (tertiary/aromatic N) is 3. The minimum absolute atomic E-state index is 0.224. The molecule has 0 aliphatic carbocycles. The standard InChI is InChI=1S/C35H34N4O3S/c1-24-3-10-30(11-4-24)43(41,42)39-23-32(27-9-12-33-28(19-27)13-16-36-33)31-20-29(21-37-34(31)39)26-7-5-25(6-8-26)22-38-17-14-35(2,40)15-18-38/h3-13,16,19-21,23,36,40H,14-15,17-18,22H2,1-2H3. The van der Waals surface area contributed by atoms with Crippen LogP contribution in [0.2, 0.25) is 0 Å². The van der Waals surface area contributed by atoms with Gasteiger partial charge >= 0.3 is 0 Å². The Morgan fingerprint density at radius 1 is 0.907 bits per heavy atom. The zero-order valence-electron chi connectivity index (χ0n) is 24.3. The summed E-state index contributed by atoms with van der Waals surface area (Å²) in [5, 5.41) is 12.1. The Balaban J connectivity index is 1.28. The first-order valence-electron chi connectivity index (χ1n) is 14.6. The van der Waals surface area contributed by atoms with Gasteiger partial charge in [-0.05, 0) is 85.2 Å². The van der Waals surface area contributed by atoms with Gasteiger partial charge in [0.15, 0.2) is 5.65 Å². The van der Waals surface area contributed by atoms with Crippen LogP contribution >= 0.6 is 0 Å². The molecule has 218 valence electrons. The first kappa shape index (κ1) is 27.6. The van der Waals surface area contributed by atoms with E-state index in [-0.39, 0.29) is 4.90 Å². The summed E-state index contributed by atoms with van der Waals surface area (Å²) in [7, 11) is -3.88. The van der Waals surface area contributed by atoms with E-state index in [9.17, 15) is 13.5 Å². The number of H-pyrrole nitrogens is 1. The molecule has 7 rings (SSSR count). The highest BCUT2D eigenvalue weighted by Crippen LogP contribution is 2.36. The highest BCUT2D eigenvalue weighted by Gasteiger charge is 2.27. The van der Waals surface area contributed by atoms with E-state index in [1.54, 1.807) is 24.5 Å². The fourth-order valence-corrected chi connectivity index (χ4v) is 7.27. The first-order chi connectivity index (χ1) is 20.7. The summed E-state index contributed by atoms with van der Waals surface area (Å²) in [5.74, 6) is 0. The SMILES string of the molecule is Cc1ccc(S(=O)(=O)n2cc(-c3ccc4[nH]ccc4c3)c3cc(-c4ccc(CN5CCC(C)(O)CC5)cc4)cnc32)cc1. The van der Waals surface area contributed by atoms with Crippen LogP contribution in [-0.4, -0.2) is 51.1 Å². The summed E-state index contributed by atoms with van der Waals surface area (Å²) in [6.45, 7) is 6.47. The Morgan fingerprint density at radius 3 is 2.37 bits per heavy atom. The molecule has 3 aromatic heterocycles. The number of piperidine rings is 1. The number of nitrogens with one attached hydrogen (secondary N) is 1. The van der Waals surface area contributed by atoms with Gasteiger partial charge in [0.05, 0.1) is 10.5 Å². The fourth-order valence-electron chi connectivity index (χ4n) is 5.95.